The van der Waals surface area contributed by atoms with E-state index in [-0.39, 0.29) is 18.0 Å². The SMILES string of the molecule is Cc1cccc(OCc2n[nH]nc2C(=O)O)c1. The summed E-state index contributed by atoms with van der Waals surface area (Å²) in [5, 5.41) is 18.3. The molecule has 1 aromatic carbocycles. The molecule has 0 aliphatic heterocycles. The first-order chi connectivity index (χ1) is 8.16. The third-order valence-corrected chi connectivity index (χ3v) is 2.19. The maximum Gasteiger partial charge on any atom is 0.358 e. The van der Waals surface area contributed by atoms with Crippen LogP contribution >= 0.6 is 0 Å². The Labute approximate surface area is 97.2 Å². The maximum atomic E-state index is 10.8. The molecule has 6 heteroatoms. The van der Waals surface area contributed by atoms with E-state index in [4.69, 9.17) is 9.84 Å². The molecule has 1 heterocycles. The van der Waals surface area contributed by atoms with Gasteiger partial charge in [-0.25, -0.2) is 4.79 Å². The summed E-state index contributed by atoms with van der Waals surface area (Å²) >= 11 is 0. The molecule has 0 aliphatic rings. The van der Waals surface area contributed by atoms with Gasteiger partial charge >= 0.3 is 5.97 Å². The summed E-state index contributed by atoms with van der Waals surface area (Å²) in [7, 11) is 0. The van der Waals surface area contributed by atoms with Crippen LogP contribution < -0.4 is 4.74 Å². The number of hydrogen-bond donors (Lipinski definition) is 2. The lowest BCUT2D eigenvalue weighted by molar-refractivity contribution is 0.0687. The molecule has 2 aromatic rings. The Bertz CT molecular complexity index is 536. The number of aromatic amines is 1. The van der Waals surface area contributed by atoms with Crippen molar-refractivity contribution in [1.82, 2.24) is 15.4 Å². The molecule has 2 rings (SSSR count). The lowest BCUT2D eigenvalue weighted by Gasteiger charge is -2.04. The monoisotopic (exact) mass is 233 g/mol. The standard InChI is InChI=1S/C11H11N3O3/c1-7-3-2-4-8(5-7)17-6-9-10(11(15)16)13-14-12-9/h2-5H,6H2,1H3,(H,15,16)(H,12,13,14). The van der Waals surface area contributed by atoms with Crippen LogP contribution in [-0.2, 0) is 6.61 Å². The van der Waals surface area contributed by atoms with E-state index in [0.717, 1.165) is 5.56 Å². The smallest absolute Gasteiger partial charge is 0.358 e. The second-order valence-electron chi connectivity index (χ2n) is 3.53. The van der Waals surface area contributed by atoms with Crippen molar-refractivity contribution in [3.8, 4) is 5.75 Å². The Morgan fingerprint density at radius 1 is 1.47 bits per heavy atom. The van der Waals surface area contributed by atoms with Crippen LogP contribution in [0.2, 0.25) is 0 Å². The normalized spacial score (nSPS) is 10.2. The van der Waals surface area contributed by atoms with Gasteiger partial charge in [0.05, 0.1) is 0 Å². The predicted molar refractivity (Wildman–Crippen MR) is 58.9 cm³/mol. The van der Waals surface area contributed by atoms with E-state index in [2.05, 4.69) is 15.4 Å². The topological polar surface area (TPSA) is 88.1 Å². The Morgan fingerprint density at radius 3 is 3.00 bits per heavy atom. The molecule has 0 atom stereocenters. The van der Waals surface area contributed by atoms with Crippen molar-refractivity contribution in [3.05, 3.63) is 41.2 Å². The van der Waals surface area contributed by atoms with E-state index < -0.39 is 5.97 Å². The fourth-order valence-corrected chi connectivity index (χ4v) is 1.38. The van der Waals surface area contributed by atoms with Gasteiger partial charge in [-0.3, -0.25) is 0 Å². The maximum absolute atomic E-state index is 10.8. The van der Waals surface area contributed by atoms with Gasteiger partial charge in [0.2, 0.25) is 0 Å². The zero-order valence-corrected chi connectivity index (χ0v) is 9.17. The summed E-state index contributed by atoms with van der Waals surface area (Å²) in [4.78, 5) is 10.8. The van der Waals surface area contributed by atoms with E-state index in [1.165, 1.54) is 0 Å². The van der Waals surface area contributed by atoms with Gasteiger partial charge in [-0.15, -0.1) is 5.10 Å². The van der Waals surface area contributed by atoms with Crippen LogP contribution in [0.5, 0.6) is 5.75 Å². The molecule has 0 amide bonds. The molecule has 0 fully saturated rings. The number of aromatic carboxylic acids is 1. The third kappa shape index (κ3) is 2.60. The van der Waals surface area contributed by atoms with Crippen molar-refractivity contribution in [3.63, 3.8) is 0 Å². The van der Waals surface area contributed by atoms with Crippen LogP contribution in [0.15, 0.2) is 24.3 Å². The van der Waals surface area contributed by atoms with Crippen molar-refractivity contribution in [2.75, 3.05) is 0 Å². The van der Waals surface area contributed by atoms with E-state index >= 15 is 0 Å². The van der Waals surface area contributed by atoms with Crippen molar-refractivity contribution >= 4 is 5.97 Å². The number of carboxylic acid groups (broad SMARTS) is 1. The summed E-state index contributed by atoms with van der Waals surface area (Å²) in [6.07, 6.45) is 0. The number of nitrogens with one attached hydrogen (secondary N) is 1. The van der Waals surface area contributed by atoms with Crippen molar-refractivity contribution in [2.45, 2.75) is 13.5 Å². The minimum absolute atomic E-state index is 0.0710. The number of benzene rings is 1. The van der Waals surface area contributed by atoms with Gasteiger partial charge in [-0.2, -0.15) is 10.3 Å². The summed E-state index contributed by atoms with van der Waals surface area (Å²) in [5.74, 6) is -0.453. The molecule has 0 spiro atoms. The fraction of sp³-hybridized carbons (Fsp3) is 0.182. The molecule has 0 unspecified atom stereocenters. The van der Waals surface area contributed by atoms with Crippen molar-refractivity contribution in [1.29, 1.82) is 0 Å². The molecule has 0 saturated heterocycles. The van der Waals surface area contributed by atoms with Gasteiger partial charge in [0.25, 0.3) is 0 Å². The highest BCUT2D eigenvalue weighted by Gasteiger charge is 2.15. The number of aryl methyl sites for hydroxylation is 1. The van der Waals surface area contributed by atoms with Crippen LogP contribution in [-0.4, -0.2) is 26.5 Å². The Kier molecular flexibility index (Phi) is 3.04. The lowest BCUT2D eigenvalue weighted by atomic mass is 10.2. The zero-order valence-electron chi connectivity index (χ0n) is 9.17. The Morgan fingerprint density at radius 2 is 2.29 bits per heavy atom. The third-order valence-electron chi connectivity index (χ3n) is 2.19. The van der Waals surface area contributed by atoms with Crippen LogP contribution in [0, 0.1) is 6.92 Å². The molecule has 0 radical (unpaired) electrons. The molecular weight excluding hydrogens is 222 g/mol. The summed E-state index contributed by atoms with van der Waals surface area (Å²) in [6, 6.07) is 7.48. The number of aromatic nitrogens is 3. The second kappa shape index (κ2) is 4.65. The summed E-state index contributed by atoms with van der Waals surface area (Å²) in [6.45, 7) is 2.02. The summed E-state index contributed by atoms with van der Waals surface area (Å²) in [5.41, 5.74) is 1.23. The van der Waals surface area contributed by atoms with Crippen LogP contribution in [0.1, 0.15) is 21.7 Å². The first-order valence-electron chi connectivity index (χ1n) is 4.99. The highest BCUT2D eigenvalue weighted by molar-refractivity contribution is 5.86. The number of nitrogens with zero attached hydrogens (tertiary/aromatic N) is 2. The van der Waals surface area contributed by atoms with E-state index in [0.29, 0.717) is 5.75 Å². The van der Waals surface area contributed by atoms with E-state index in [1.807, 2.05) is 25.1 Å². The molecule has 0 saturated carbocycles. The number of carboxylic acids is 1. The minimum atomic E-state index is -1.12. The average Bonchev–Trinajstić information content (AvgIpc) is 2.74. The minimum Gasteiger partial charge on any atom is -0.487 e. The van der Waals surface area contributed by atoms with Gasteiger partial charge in [0.15, 0.2) is 5.69 Å². The number of carbonyl (C=O) groups is 1. The Hall–Kier alpha value is -2.37. The van der Waals surface area contributed by atoms with Crippen LogP contribution in [0.4, 0.5) is 0 Å². The van der Waals surface area contributed by atoms with Gasteiger partial charge in [0.1, 0.15) is 18.1 Å². The van der Waals surface area contributed by atoms with E-state index in [1.54, 1.807) is 6.07 Å². The van der Waals surface area contributed by atoms with Gasteiger partial charge < -0.3 is 9.84 Å². The summed E-state index contributed by atoms with van der Waals surface area (Å²) < 4.78 is 5.44. The average molecular weight is 233 g/mol. The number of ether oxygens (including phenoxy) is 1. The van der Waals surface area contributed by atoms with Crippen LogP contribution in [0.25, 0.3) is 0 Å². The number of rotatable bonds is 4. The second-order valence-corrected chi connectivity index (χ2v) is 3.53. The first kappa shape index (κ1) is 11.1. The largest absolute Gasteiger partial charge is 0.487 e. The fourth-order valence-electron chi connectivity index (χ4n) is 1.38. The van der Waals surface area contributed by atoms with Gasteiger partial charge in [-0.05, 0) is 24.6 Å². The molecule has 1 aromatic heterocycles. The highest BCUT2D eigenvalue weighted by atomic mass is 16.5. The lowest BCUT2D eigenvalue weighted by Crippen LogP contribution is -2.05. The molecule has 0 aliphatic carbocycles. The zero-order chi connectivity index (χ0) is 12.3. The van der Waals surface area contributed by atoms with Crippen LogP contribution in [0.3, 0.4) is 0 Å². The number of hydrogen-bond acceptors (Lipinski definition) is 4. The van der Waals surface area contributed by atoms with Crippen molar-refractivity contribution < 1.29 is 14.6 Å². The first-order valence-corrected chi connectivity index (χ1v) is 4.99. The number of H-pyrrole nitrogens is 1. The molecule has 17 heavy (non-hydrogen) atoms. The molecule has 2 N–H and O–H groups in total. The quantitative estimate of drug-likeness (QED) is 0.833. The van der Waals surface area contributed by atoms with E-state index in [9.17, 15) is 4.79 Å². The van der Waals surface area contributed by atoms with Gasteiger partial charge in [0, 0.05) is 0 Å². The molecule has 6 nitrogen and oxygen atoms in total. The molecule has 88 valence electrons. The molecule has 0 bridgehead atoms. The van der Waals surface area contributed by atoms with Gasteiger partial charge in [-0.1, -0.05) is 12.1 Å². The highest BCUT2D eigenvalue weighted by Crippen LogP contribution is 2.14. The van der Waals surface area contributed by atoms with Crippen molar-refractivity contribution in [2.24, 2.45) is 0 Å². The Balaban J connectivity index is 2.07. The predicted octanol–water partition coefficient (Wildman–Crippen LogP) is 1.39. The molecular formula is C11H11N3O3.